The summed E-state index contributed by atoms with van der Waals surface area (Å²) in [5, 5.41) is 3.54. The maximum absolute atomic E-state index is 6.30. The summed E-state index contributed by atoms with van der Waals surface area (Å²) in [7, 11) is 4.15. The van der Waals surface area contributed by atoms with E-state index in [1.807, 2.05) is 25.1 Å². The van der Waals surface area contributed by atoms with Gasteiger partial charge in [0.05, 0.1) is 11.0 Å². The molecule has 7 nitrogen and oxygen atoms in total. The lowest BCUT2D eigenvalue weighted by atomic mass is 10.1. The second-order valence-electron chi connectivity index (χ2n) is 8.55. The number of para-hydroxylation sites is 1. The molecule has 2 heterocycles. The molecule has 35 heavy (non-hydrogen) atoms. The number of hydrogen-bond acceptors (Lipinski definition) is 7. The zero-order valence-corrected chi connectivity index (χ0v) is 21.1. The van der Waals surface area contributed by atoms with Crippen LogP contribution >= 0.6 is 11.9 Å². The van der Waals surface area contributed by atoms with Crippen LogP contribution in [0.2, 0.25) is 0 Å². The number of fused-ring (bicyclic) bond motifs is 4. The van der Waals surface area contributed by atoms with Crippen molar-refractivity contribution in [1.29, 1.82) is 0 Å². The number of hydrogen-bond donors (Lipinski definition) is 2. The summed E-state index contributed by atoms with van der Waals surface area (Å²) in [5.41, 5.74) is 10.1. The van der Waals surface area contributed by atoms with Crippen LogP contribution in [0.25, 0.3) is 32.7 Å². The summed E-state index contributed by atoms with van der Waals surface area (Å²) in [5.74, 6) is 1.31. The summed E-state index contributed by atoms with van der Waals surface area (Å²) in [4.78, 5) is 12.7. The molecule has 0 aliphatic heterocycles. The number of nitrogens with one attached hydrogen (secondary N) is 1. The van der Waals surface area contributed by atoms with Crippen molar-refractivity contribution in [1.82, 2.24) is 19.3 Å². The number of aromatic nitrogens is 3. The van der Waals surface area contributed by atoms with E-state index in [1.54, 1.807) is 11.9 Å². The number of ether oxygens (including phenoxy) is 1. The van der Waals surface area contributed by atoms with Gasteiger partial charge in [-0.3, -0.25) is 4.72 Å². The molecule has 180 valence electrons. The number of pyridine rings is 1. The SMILES string of the molecule is CCOCc1nc2c(N)nc3ccccc3c2n1CCNSc1cccc2c(N(C)C)cccc12. The van der Waals surface area contributed by atoms with Gasteiger partial charge >= 0.3 is 0 Å². The minimum atomic E-state index is 0.433. The lowest BCUT2D eigenvalue weighted by Gasteiger charge is -2.17. The highest BCUT2D eigenvalue weighted by molar-refractivity contribution is 7.97. The summed E-state index contributed by atoms with van der Waals surface area (Å²) in [6.45, 7) is 4.52. The smallest absolute Gasteiger partial charge is 0.152 e. The molecule has 0 bridgehead atoms. The summed E-state index contributed by atoms with van der Waals surface area (Å²) in [6, 6.07) is 21.0. The predicted molar refractivity (Wildman–Crippen MR) is 147 cm³/mol. The second-order valence-corrected chi connectivity index (χ2v) is 9.48. The first-order chi connectivity index (χ1) is 17.1. The fourth-order valence-corrected chi connectivity index (χ4v) is 5.26. The molecule has 5 rings (SSSR count). The number of nitrogens with two attached hydrogens (primary N) is 1. The van der Waals surface area contributed by atoms with Gasteiger partial charge in [0.15, 0.2) is 5.82 Å². The highest BCUT2D eigenvalue weighted by Crippen LogP contribution is 2.32. The van der Waals surface area contributed by atoms with Crippen molar-refractivity contribution >= 4 is 56.2 Å². The number of nitrogen functional groups attached to an aromatic ring is 1. The van der Waals surface area contributed by atoms with Crippen LogP contribution in [0.3, 0.4) is 0 Å². The molecule has 3 aromatic carbocycles. The first-order valence-corrected chi connectivity index (χ1v) is 12.6. The first-order valence-electron chi connectivity index (χ1n) is 11.8. The van der Waals surface area contributed by atoms with Crippen LogP contribution in [0, 0.1) is 0 Å². The zero-order chi connectivity index (χ0) is 24.4. The molecule has 0 fully saturated rings. The number of benzene rings is 3. The molecule has 0 amide bonds. The van der Waals surface area contributed by atoms with Gasteiger partial charge in [0.25, 0.3) is 0 Å². The van der Waals surface area contributed by atoms with E-state index in [4.69, 9.17) is 15.5 Å². The first kappa shape index (κ1) is 23.4. The number of imidazole rings is 1. The van der Waals surface area contributed by atoms with Crippen LogP contribution in [-0.2, 0) is 17.9 Å². The van der Waals surface area contributed by atoms with E-state index >= 15 is 0 Å². The molecule has 3 N–H and O–H groups in total. The Balaban J connectivity index is 1.42. The van der Waals surface area contributed by atoms with E-state index < -0.39 is 0 Å². The van der Waals surface area contributed by atoms with Crippen molar-refractivity contribution in [2.45, 2.75) is 25.0 Å². The van der Waals surface area contributed by atoms with Crippen molar-refractivity contribution in [3.05, 3.63) is 66.5 Å². The second kappa shape index (κ2) is 10.1. The van der Waals surface area contributed by atoms with Crippen LogP contribution in [0.5, 0.6) is 0 Å². The average Bonchev–Trinajstić information content (AvgIpc) is 3.24. The van der Waals surface area contributed by atoms with Gasteiger partial charge in [0.1, 0.15) is 17.9 Å². The minimum Gasteiger partial charge on any atom is -0.382 e. The Labute approximate surface area is 209 Å². The van der Waals surface area contributed by atoms with Crippen molar-refractivity contribution in [2.24, 2.45) is 0 Å². The normalized spacial score (nSPS) is 11.6. The van der Waals surface area contributed by atoms with Crippen molar-refractivity contribution < 1.29 is 4.74 Å². The van der Waals surface area contributed by atoms with E-state index in [2.05, 4.69) is 75.7 Å². The molecule has 0 saturated carbocycles. The zero-order valence-electron chi connectivity index (χ0n) is 20.3. The summed E-state index contributed by atoms with van der Waals surface area (Å²) < 4.78 is 11.5. The highest BCUT2D eigenvalue weighted by atomic mass is 32.2. The van der Waals surface area contributed by atoms with E-state index in [9.17, 15) is 0 Å². The van der Waals surface area contributed by atoms with E-state index in [0.717, 1.165) is 40.9 Å². The Kier molecular flexibility index (Phi) is 6.77. The van der Waals surface area contributed by atoms with Crippen LogP contribution < -0.4 is 15.4 Å². The maximum atomic E-state index is 6.30. The molecule has 0 aliphatic carbocycles. The Hall–Kier alpha value is -3.33. The monoisotopic (exact) mass is 486 g/mol. The highest BCUT2D eigenvalue weighted by Gasteiger charge is 2.17. The van der Waals surface area contributed by atoms with Crippen molar-refractivity contribution in [3.63, 3.8) is 0 Å². The fourth-order valence-electron chi connectivity index (χ4n) is 4.48. The van der Waals surface area contributed by atoms with Crippen molar-refractivity contribution in [3.8, 4) is 0 Å². The van der Waals surface area contributed by atoms with Gasteiger partial charge < -0.3 is 19.9 Å². The quantitative estimate of drug-likeness (QED) is 0.218. The summed E-state index contributed by atoms with van der Waals surface area (Å²) >= 11 is 1.66. The van der Waals surface area contributed by atoms with E-state index in [-0.39, 0.29) is 0 Å². The largest absolute Gasteiger partial charge is 0.382 e. The number of rotatable bonds is 9. The molecule has 0 unspecified atom stereocenters. The third kappa shape index (κ3) is 4.52. The molecule has 0 saturated heterocycles. The van der Waals surface area contributed by atoms with Gasteiger partial charge in [-0.1, -0.05) is 42.5 Å². The van der Waals surface area contributed by atoms with Gasteiger partial charge in [-0.15, -0.1) is 0 Å². The van der Waals surface area contributed by atoms with E-state index in [1.165, 1.54) is 21.4 Å². The molecule has 0 radical (unpaired) electrons. The van der Waals surface area contributed by atoms with Crippen LogP contribution in [0.15, 0.2) is 65.6 Å². The van der Waals surface area contributed by atoms with Crippen molar-refractivity contribution in [2.75, 3.05) is 37.9 Å². The molecular formula is C27H30N6OS. The topological polar surface area (TPSA) is 81.2 Å². The standard InChI is InChI=1S/C27H30N6OS/c1-4-34-17-24-31-25-26(20-9-5-6-12-21(20)30-27(25)28)33(24)16-15-29-35-23-14-8-10-18-19(23)11-7-13-22(18)32(2)3/h5-14,29H,4,15-17H2,1-3H3,(H2,28,30). The molecule has 5 aromatic rings. The molecule has 0 spiro atoms. The number of anilines is 2. The van der Waals surface area contributed by atoms with Gasteiger partial charge in [-0.05, 0) is 42.5 Å². The van der Waals surface area contributed by atoms with Gasteiger partial charge in [0, 0.05) is 55.1 Å². The van der Waals surface area contributed by atoms with Gasteiger partial charge in [-0.25, -0.2) is 9.97 Å². The minimum absolute atomic E-state index is 0.433. The Morgan fingerprint density at radius 1 is 0.971 bits per heavy atom. The van der Waals surface area contributed by atoms with Gasteiger partial charge in [0.2, 0.25) is 0 Å². The lowest BCUT2D eigenvalue weighted by molar-refractivity contribution is 0.126. The molecule has 2 aromatic heterocycles. The Morgan fingerprint density at radius 2 is 1.74 bits per heavy atom. The molecule has 0 aliphatic rings. The lowest BCUT2D eigenvalue weighted by Crippen LogP contribution is -2.16. The maximum Gasteiger partial charge on any atom is 0.152 e. The molecule has 8 heteroatoms. The van der Waals surface area contributed by atoms with Crippen LogP contribution in [0.4, 0.5) is 11.5 Å². The van der Waals surface area contributed by atoms with Crippen LogP contribution in [0.1, 0.15) is 12.7 Å². The van der Waals surface area contributed by atoms with Gasteiger partial charge in [-0.2, -0.15) is 0 Å². The van der Waals surface area contributed by atoms with Crippen LogP contribution in [-0.4, -0.2) is 41.8 Å². The summed E-state index contributed by atoms with van der Waals surface area (Å²) in [6.07, 6.45) is 0. The average molecular weight is 487 g/mol. The number of nitrogens with zero attached hydrogens (tertiary/aromatic N) is 4. The fraction of sp³-hybridized carbons (Fsp3) is 0.259. The third-order valence-corrected chi connectivity index (χ3v) is 7.01. The third-order valence-electron chi connectivity index (χ3n) is 6.09. The molecular weight excluding hydrogens is 456 g/mol. The van der Waals surface area contributed by atoms with E-state index in [0.29, 0.717) is 19.0 Å². The molecule has 0 atom stereocenters. The predicted octanol–water partition coefficient (Wildman–Crippen LogP) is 5.22. The Bertz CT molecular complexity index is 1500. The Morgan fingerprint density at radius 3 is 2.57 bits per heavy atom.